The van der Waals surface area contributed by atoms with Crippen LogP contribution in [-0.4, -0.2) is 38.4 Å². The van der Waals surface area contributed by atoms with Gasteiger partial charge in [0, 0.05) is 30.9 Å². The fourth-order valence-corrected chi connectivity index (χ4v) is 4.88. The second kappa shape index (κ2) is 9.18. The van der Waals surface area contributed by atoms with Crippen molar-refractivity contribution >= 4 is 16.9 Å². The standard InChI is InChI=1S/C28H30N4O/c1-20-7-3-4-8-24(20)17-22-11-12-25(29-18-22)23-13-15-31(16-14-23)28(33)21(2)32-19-30-26-9-5-6-10-27(26)32/h3-12,18-19,21,23H,13-17H2,1-2H3/t21-/m0/s1. The molecule has 168 valence electrons. The molecule has 1 atom stereocenters. The van der Waals surface area contributed by atoms with Crippen molar-refractivity contribution in [2.24, 2.45) is 0 Å². The number of carbonyl (C=O) groups excluding carboxylic acids is 1. The zero-order valence-electron chi connectivity index (χ0n) is 19.3. The van der Waals surface area contributed by atoms with Crippen LogP contribution < -0.4 is 0 Å². The number of imidazole rings is 1. The lowest BCUT2D eigenvalue weighted by Gasteiger charge is -2.33. The highest BCUT2D eigenvalue weighted by atomic mass is 16.2. The summed E-state index contributed by atoms with van der Waals surface area (Å²) >= 11 is 0. The van der Waals surface area contributed by atoms with Gasteiger partial charge in [0.25, 0.3) is 0 Å². The van der Waals surface area contributed by atoms with Crippen LogP contribution >= 0.6 is 0 Å². The first-order chi connectivity index (χ1) is 16.1. The Kier molecular flexibility index (Phi) is 5.95. The lowest BCUT2D eigenvalue weighted by atomic mass is 9.92. The maximum atomic E-state index is 13.2. The summed E-state index contributed by atoms with van der Waals surface area (Å²) in [5.74, 6) is 0.573. The molecule has 0 bridgehead atoms. The SMILES string of the molecule is Cc1ccccc1Cc1ccc(C2CCN(C(=O)[C@H](C)n3cnc4ccccc43)CC2)nc1. The van der Waals surface area contributed by atoms with Crippen LogP contribution in [0, 0.1) is 6.92 Å². The monoisotopic (exact) mass is 438 g/mol. The first-order valence-corrected chi connectivity index (χ1v) is 11.8. The van der Waals surface area contributed by atoms with Crippen molar-refractivity contribution in [3.05, 3.63) is 95.6 Å². The number of piperidine rings is 1. The number of nitrogens with zero attached hydrogens (tertiary/aromatic N) is 4. The second-order valence-corrected chi connectivity index (χ2v) is 9.11. The molecule has 1 saturated heterocycles. The number of hydrogen-bond acceptors (Lipinski definition) is 3. The minimum Gasteiger partial charge on any atom is -0.341 e. The van der Waals surface area contributed by atoms with E-state index in [1.165, 1.54) is 16.7 Å². The van der Waals surface area contributed by atoms with E-state index in [4.69, 9.17) is 4.98 Å². The smallest absolute Gasteiger partial charge is 0.245 e. The Hall–Kier alpha value is -3.47. The Morgan fingerprint density at radius 1 is 1.00 bits per heavy atom. The first-order valence-electron chi connectivity index (χ1n) is 11.8. The van der Waals surface area contributed by atoms with Crippen LogP contribution in [0.25, 0.3) is 11.0 Å². The third-order valence-corrected chi connectivity index (χ3v) is 6.98. The maximum absolute atomic E-state index is 13.2. The predicted octanol–water partition coefficient (Wildman–Crippen LogP) is 5.30. The molecule has 2 aromatic heterocycles. The zero-order valence-corrected chi connectivity index (χ0v) is 19.3. The van der Waals surface area contributed by atoms with Gasteiger partial charge in [-0.15, -0.1) is 0 Å². The molecular formula is C28H30N4O. The first kappa shape index (κ1) is 21.4. The number of hydrogen-bond donors (Lipinski definition) is 0. The van der Waals surface area contributed by atoms with E-state index in [0.29, 0.717) is 5.92 Å². The van der Waals surface area contributed by atoms with Crippen molar-refractivity contribution in [2.75, 3.05) is 13.1 Å². The van der Waals surface area contributed by atoms with Crippen LogP contribution in [0.3, 0.4) is 0 Å². The number of aryl methyl sites for hydroxylation is 1. The molecule has 1 amide bonds. The molecule has 1 aliphatic rings. The fourth-order valence-electron chi connectivity index (χ4n) is 4.88. The highest BCUT2D eigenvalue weighted by Gasteiger charge is 2.28. The largest absolute Gasteiger partial charge is 0.341 e. The number of amides is 1. The van der Waals surface area contributed by atoms with Gasteiger partial charge in [0.1, 0.15) is 6.04 Å². The molecule has 5 rings (SSSR count). The van der Waals surface area contributed by atoms with E-state index in [1.807, 2.05) is 46.9 Å². The van der Waals surface area contributed by atoms with Crippen LogP contribution in [0.2, 0.25) is 0 Å². The minimum absolute atomic E-state index is 0.165. The van der Waals surface area contributed by atoms with E-state index in [-0.39, 0.29) is 11.9 Å². The second-order valence-electron chi connectivity index (χ2n) is 9.11. The molecule has 33 heavy (non-hydrogen) atoms. The summed E-state index contributed by atoms with van der Waals surface area (Å²) in [5.41, 5.74) is 6.97. The average molecular weight is 439 g/mol. The summed E-state index contributed by atoms with van der Waals surface area (Å²) in [7, 11) is 0. The normalized spacial score (nSPS) is 15.6. The van der Waals surface area contributed by atoms with Crippen LogP contribution in [0.15, 0.2) is 73.2 Å². The lowest BCUT2D eigenvalue weighted by Crippen LogP contribution is -2.41. The Morgan fingerprint density at radius 3 is 2.52 bits per heavy atom. The minimum atomic E-state index is -0.257. The van der Waals surface area contributed by atoms with Crippen LogP contribution in [0.1, 0.15) is 54.1 Å². The van der Waals surface area contributed by atoms with Crippen molar-refractivity contribution in [3.63, 3.8) is 0 Å². The maximum Gasteiger partial charge on any atom is 0.245 e. The van der Waals surface area contributed by atoms with Crippen molar-refractivity contribution in [2.45, 2.75) is 45.1 Å². The van der Waals surface area contributed by atoms with Gasteiger partial charge in [-0.2, -0.15) is 0 Å². The molecule has 0 spiro atoms. The van der Waals surface area contributed by atoms with E-state index in [1.54, 1.807) is 6.33 Å². The number of aromatic nitrogens is 3. The van der Waals surface area contributed by atoms with Gasteiger partial charge < -0.3 is 9.47 Å². The van der Waals surface area contributed by atoms with Gasteiger partial charge in [0.15, 0.2) is 0 Å². The summed E-state index contributed by atoms with van der Waals surface area (Å²) in [6, 6.07) is 20.6. The molecule has 5 heteroatoms. The average Bonchev–Trinajstić information content (AvgIpc) is 3.29. The molecule has 2 aromatic carbocycles. The topological polar surface area (TPSA) is 51.0 Å². The van der Waals surface area contributed by atoms with E-state index >= 15 is 0 Å². The zero-order chi connectivity index (χ0) is 22.8. The molecule has 1 fully saturated rings. The molecule has 0 N–H and O–H groups in total. The molecule has 0 saturated carbocycles. The van der Waals surface area contributed by atoms with E-state index < -0.39 is 0 Å². The lowest BCUT2D eigenvalue weighted by molar-refractivity contribution is -0.135. The van der Waals surface area contributed by atoms with Crippen molar-refractivity contribution in [1.29, 1.82) is 0 Å². The Bertz CT molecular complexity index is 1250. The molecule has 4 aromatic rings. The van der Waals surface area contributed by atoms with Gasteiger partial charge >= 0.3 is 0 Å². The number of carbonyl (C=O) groups is 1. The summed E-state index contributed by atoms with van der Waals surface area (Å²) in [4.78, 5) is 24.4. The molecule has 0 aliphatic carbocycles. The van der Waals surface area contributed by atoms with Gasteiger partial charge in [0.2, 0.25) is 5.91 Å². The molecular weight excluding hydrogens is 408 g/mol. The third-order valence-electron chi connectivity index (χ3n) is 6.98. The van der Waals surface area contributed by atoms with Crippen LogP contribution in [0.4, 0.5) is 0 Å². The Balaban J connectivity index is 1.20. The summed E-state index contributed by atoms with van der Waals surface area (Å²) in [5, 5.41) is 0. The van der Waals surface area contributed by atoms with Gasteiger partial charge in [0.05, 0.1) is 17.4 Å². The van der Waals surface area contributed by atoms with Crippen LogP contribution in [-0.2, 0) is 11.2 Å². The molecule has 3 heterocycles. The highest BCUT2D eigenvalue weighted by Crippen LogP contribution is 2.29. The van der Waals surface area contributed by atoms with Gasteiger partial charge in [-0.05, 0) is 68.0 Å². The number of fused-ring (bicyclic) bond motifs is 1. The fraction of sp³-hybridized carbons (Fsp3) is 0.321. The summed E-state index contributed by atoms with van der Waals surface area (Å²) < 4.78 is 1.98. The van der Waals surface area contributed by atoms with E-state index in [9.17, 15) is 4.79 Å². The third kappa shape index (κ3) is 4.40. The van der Waals surface area contributed by atoms with Gasteiger partial charge in [-0.1, -0.05) is 42.5 Å². The Morgan fingerprint density at radius 2 is 1.76 bits per heavy atom. The summed E-state index contributed by atoms with van der Waals surface area (Å²) in [6.45, 7) is 5.67. The number of benzene rings is 2. The van der Waals surface area contributed by atoms with Crippen molar-refractivity contribution in [1.82, 2.24) is 19.4 Å². The quantitative estimate of drug-likeness (QED) is 0.425. The molecule has 0 radical (unpaired) electrons. The Labute approximate surface area is 195 Å². The van der Waals surface area contributed by atoms with E-state index in [0.717, 1.165) is 49.1 Å². The highest BCUT2D eigenvalue weighted by molar-refractivity contribution is 5.83. The van der Waals surface area contributed by atoms with E-state index in [2.05, 4.69) is 48.3 Å². The predicted molar refractivity (Wildman–Crippen MR) is 131 cm³/mol. The van der Waals surface area contributed by atoms with Crippen molar-refractivity contribution in [3.8, 4) is 0 Å². The number of para-hydroxylation sites is 2. The number of pyridine rings is 1. The number of likely N-dealkylation sites (tertiary alicyclic amines) is 1. The number of rotatable bonds is 5. The van der Waals surface area contributed by atoms with Gasteiger partial charge in [-0.25, -0.2) is 4.98 Å². The summed E-state index contributed by atoms with van der Waals surface area (Å²) in [6.07, 6.45) is 6.61. The molecule has 1 aliphatic heterocycles. The molecule has 5 nitrogen and oxygen atoms in total. The van der Waals surface area contributed by atoms with Crippen molar-refractivity contribution < 1.29 is 4.79 Å². The van der Waals surface area contributed by atoms with Crippen LogP contribution in [0.5, 0.6) is 0 Å². The molecule has 0 unspecified atom stereocenters. The van der Waals surface area contributed by atoms with Gasteiger partial charge in [-0.3, -0.25) is 9.78 Å².